The van der Waals surface area contributed by atoms with Gasteiger partial charge in [0.05, 0.1) is 12.7 Å². The molecule has 0 aromatic rings. The van der Waals surface area contributed by atoms with Gasteiger partial charge >= 0.3 is 5.97 Å². The molecule has 1 rings (SSSR count). The van der Waals surface area contributed by atoms with Crippen LogP contribution in [0.15, 0.2) is 16.8 Å². The van der Waals surface area contributed by atoms with E-state index >= 15 is 0 Å². The first-order valence-corrected chi connectivity index (χ1v) is 3.61. The standard InChI is InChI=1S/C7H8ClNO2/c1-11-7(10)5-2-3-6(8)9-4-5/h4H,2-3H2,1H3. The van der Waals surface area contributed by atoms with E-state index in [1.54, 1.807) is 0 Å². The number of carbonyl (C=O) groups is 1. The van der Waals surface area contributed by atoms with Crippen LogP contribution in [-0.2, 0) is 9.53 Å². The zero-order valence-electron chi connectivity index (χ0n) is 6.13. The van der Waals surface area contributed by atoms with Crippen LogP contribution in [-0.4, -0.2) is 18.2 Å². The van der Waals surface area contributed by atoms with Crippen molar-refractivity contribution in [2.75, 3.05) is 7.11 Å². The SMILES string of the molecule is COC(=O)C1=CN=C(Cl)CC1. The maximum absolute atomic E-state index is 10.9. The number of methoxy groups -OCH3 is 1. The Balaban J connectivity index is 2.68. The fraction of sp³-hybridized carbons (Fsp3) is 0.429. The van der Waals surface area contributed by atoms with Crippen LogP contribution in [0.2, 0.25) is 0 Å². The number of hydrogen-bond acceptors (Lipinski definition) is 3. The average molecular weight is 174 g/mol. The summed E-state index contributed by atoms with van der Waals surface area (Å²) in [4.78, 5) is 14.7. The van der Waals surface area contributed by atoms with E-state index in [4.69, 9.17) is 11.6 Å². The zero-order valence-corrected chi connectivity index (χ0v) is 6.89. The van der Waals surface area contributed by atoms with E-state index < -0.39 is 0 Å². The number of hydrogen-bond donors (Lipinski definition) is 0. The van der Waals surface area contributed by atoms with Crippen molar-refractivity contribution in [1.29, 1.82) is 0 Å². The molecule has 1 heterocycles. The van der Waals surface area contributed by atoms with Crippen LogP contribution in [0, 0.1) is 0 Å². The van der Waals surface area contributed by atoms with Crippen molar-refractivity contribution in [3.8, 4) is 0 Å². The van der Waals surface area contributed by atoms with E-state index in [9.17, 15) is 4.79 Å². The second kappa shape index (κ2) is 3.53. The summed E-state index contributed by atoms with van der Waals surface area (Å²) in [5.74, 6) is -0.321. The molecule has 0 amide bonds. The smallest absolute Gasteiger partial charge is 0.335 e. The Morgan fingerprint density at radius 3 is 2.91 bits per heavy atom. The van der Waals surface area contributed by atoms with E-state index in [0.717, 1.165) is 0 Å². The van der Waals surface area contributed by atoms with Gasteiger partial charge in [-0.1, -0.05) is 11.6 Å². The molecule has 0 spiro atoms. The fourth-order valence-corrected chi connectivity index (χ4v) is 0.944. The van der Waals surface area contributed by atoms with E-state index in [1.165, 1.54) is 13.3 Å². The summed E-state index contributed by atoms with van der Waals surface area (Å²) in [5.41, 5.74) is 0.580. The van der Waals surface area contributed by atoms with Crippen LogP contribution < -0.4 is 0 Å². The largest absolute Gasteiger partial charge is 0.466 e. The molecule has 3 nitrogen and oxygen atoms in total. The molecule has 0 aliphatic carbocycles. The highest BCUT2D eigenvalue weighted by Gasteiger charge is 2.13. The average Bonchev–Trinajstić information content (AvgIpc) is 2.05. The maximum Gasteiger partial charge on any atom is 0.335 e. The first-order valence-electron chi connectivity index (χ1n) is 3.23. The highest BCUT2D eigenvalue weighted by Crippen LogP contribution is 2.14. The van der Waals surface area contributed by atoms with Gasteiger partial charge in [0.2, 0.25) is 0 Å². The van der Waals surface area contributed by atoms with E-state index in [1.807, 2.05) is 0 Å². The lowest BCUT2D eigenvalue weighted by Crippen LogP contribution is -2.08. The minimum Gasteiger partial charge on any atom is -0.466 e. The van der Waals surface area contributed by atoms with Gasteiger partial charge in [-0.25, -0.2) is 9.79 Å². The molecule has 0 fully saturated rings. The molecular formula is C7H8ClNO2. The predicted octanol–water partition coefficient (Wildman–Crippen LogP) is 1.47. The molecule has 1 aliphatic rings. The van der Waals surface area contributed by atoms with Gasteiger partial charge in [0.15, 0.2) is 0 Å². The first kappa shape index (κ1) is 8.27. The van der Waals surface area contributed by atoms with Gasteiger partial charge in [-0.15, -0.1) is 0 Å². The third-order valence-electron chi connectivity index (χ3n) is 1.41. The van der Waals surface area contributed by atoms with Crippen LogP contribution in [0.5, 0.6) is 0 Å². The molecule has 0 unspecified atom stereocenters. The van der Waals surface area contributed by atoms with Crippen molar-refractivity contribution >= 4 is 22.7 Å². The molecule has 4 heteroatoms. The molecule has 0 saturated carbocycles. The van der Waals surface area contributed by atoms with Crippen molar-refractivity contribution in [3.05, 3.63) is 11.8 Å². The van der Waals surface area contributed by atoms with Gasteiger partial charge in [-0.05, 0) is 6.42 Å². The molecule has 60 valence electrons. The minimum atomic E-state index is -0.321. The maximum atomic E-state index is 10.9. The Morgan fingerprint density at radius 1 is 1.73 bits per heavy atom. The highest BCUT2D eigenvalue weighted by molar-refractivity contribution is 6.65. The number of ether oxygens (including phenoxy) is 1. The number of esters is 1. The zero-order chi connectivity index (χ0) is 8.27. The van der Waals surface area contributed by atoms with Gasteiger partial charge in [-0.2, -0.15) is 0 Å². The van der Waals surface area contributed by atoms with Crippen LogP contribution in [0.3, 0.4) is 0 Å². The summed E-state index contributed by atoms with van der Waals surface area (Å²) in [5, 5.41) is 0.539. The molecule has 0 saturated heterocycles. The lowest BCUT2D eigenvalue weighted by molar-refractivity contribution is -0.136. The van der Waals surface area contributed by atoms with E-state index in [2.05, 4.69) is 9.73 Å². The van der Waals surface area contributed by atoms with Gasteiger partial charge in [0.1, 0.15) is 5.17 Å². The third-order valence-corrected chi connectivity index (χ3v) is 1.70. The molecule has 0 bridgehead atoms. The number of aliphatic imine (C=N–C) groups is 1. The van der Waals surface area contributed by atoms with Crippen molar-refractivity contribution in [2.45, 2.75) is 12.8 Å². The number of nitrogens with zero attached hydrogens (tertiary/aromatic N) is 1. The third kappa shape index (κ3) is 2.05. The number of carbonyl (C=O) groups excluding carboxylic acids is 1. The van der Waals surface area contributed by atoms with Crippen molar-refractivity contribution in [2.24, 2.45) is 4.99 Å². The predicted molar refractivity (Wildman–Crippen MR) is 42.6 cm³/mol. The monoisotopic (exact) mass is 173 g/mol. The van der Waals surface area contributed by atoms with Crippen LogP contribution in [0.25, 0.3) is 0 Å². The highest BCUT2D eigenvalue weighted by atomic mass is 35.5. The molecule has 1 aliphatic heterocycles. The summed E-state index contributed by atoms with van der Waals surface area (Å²) in [6, 6.07) is 0. The van der Waals surface area contributed by atoms with E-state index in [0.29, 0.717) is 23.6 Å². The summed E-state index contributed by atoms with van der Waals surface area (Å²) < 4.78 is 4.51. The molecule has 11 heavy (non-hydrogen) atoms. The fourth-order valence-electron chi connectivity index (χ4n) is 0.801. The number of rotatable bonds is 1. The summed E-state index contributed by atoms with van der Waals surface area (Å²) in [6.07, 6.45) is 2.70. The quantitative estimate of drug-likeness (QED) is 0.564. The Hall–Kier alpha value is -0.830. The van der Waals surface area contributed by atoms with Crippen molar-refractivity contribution in [1.82, 2.24) is 0 Å². The lowest BCUT2D eigenvalue weighted by atomic mass is 10.1. The second-order valence-electron chi connectivity index (χ2n) is 2.15. The Kier molecular flexibility index (Phi) is 2.65. The second-order valence-corrected chi connectivity index (χ2v) is 2.59. The van der Waals surface area contributed by atoms with Crippen LogP contribution in [0.1, 0.15) is 12.8 Å². The van der Waals surface area contributed by atoms with E-state index in [-0.39, 0.29) is 5.97 Å². The Bertz CT molecular complexity index is 233. The topological polar surface area (TPSA) is 38.7 Å². The molecule has 0 radical (unpaired) electrons. The Morgan fingerprint density at radius 2 is 2.45 bits per heavy atom. The lowest BCUT2D eigenvalue weighted by Gasteiger charge is -2.06. The Labute approximate surface area is 69.7 Å². The van der Waals surface area contributed by atoms with Crippen molar-refractivity contribution in [3.63, 3.8) is 0 Å². The number of halogens is 1. The van der Waals surface area contributed by atoms with Crippen LogP contribution in [0.4, 0.5) is 0 Å². The van der Waals surface area contributed by atoms with Crippen LogP contribution >= 0.6 is 11.6 Å². The van der Waals surface area contributed by atoms with Gasteiger partial charge in [-0.3, -0.25) is 0 Å². The van der Waals surface area contributed by atoms with Gasteiger partial charge < -0.3 is 4.74 Å². The summed E-state index contributed by atoms with van der Waals surface area (Å²) >= 11 is 5.58. The molecule has 0 aromatic heterocycles. The summed E-state index contributed by atoms with van der Waals surface area (Å²) in [7, 11) is 1.35. The molecular weight excluding hydrogens is 166 g/mol. The normalized spacial score (nSPS) is 16.9. The first-order chi connectivity index (χ1) is 5.24. The minimum absolute atomic E-state index is 0.321. The van der Waals surface area contributed by atoms with Crippen molar-refractivity contribution < 1.29 is 9.53 Å². The molecule has 0 aromatic carbocycles. The van der Waals surface area contributed by atoms with Gasteiger partial charge in [0, 0.05) is 12.6 Å². The molecule has 0 atom stereocenters. The summed E-state index contributed by atoms with van der Waals surface area (Å²) in [6.45, 7) is 0. The molecule has 0 N–H and O–H groups in total. The van der Waals surface area contributed by atoms with Gasteiger partial charge in [0.25, 0.3) is 0 Å².